The van der Waals surface area contributed by atoms with E-state index in [2.05, 4.69) is 44.5 Å². The Morgan fingerprint density at radius 2 is 1.26 bits per heavy atom. The zero-order valence-electron chi connectivity index (χ0n) is 47.3. The summed E-state index contributed by atoms with van der Waals surface area (Å²) >= 11 is 2.65. The Morgan fingerprint density at radius 1 is 0.732 bits per heavy atom. The van der Waals surface area contributed by atoms with Crippen LogP contribution in [-0.2, 0) is 9.47 Å². The summed E-state index contributed by atoms with van der Waals surface area (Å²) in [6.07, 6.45) is 7.79. The van der Waals surface area contributed by atoms with Crippen LogP contribution >= 0.6 is 22.7 Å². The number of pyridine rings is 4. The first-order valence-electron chi connectivity index (χ1n) is 28.3. The van der Waals surface area contributed by atoms with Crippen LogP contribution in [0.25, 0.3) is 52.2 Å². The Balaban J connectivity index is 0.000000159. The second-order valence-electron chi connectivity index (χ2n) is 22.6. The topological polar surface area (TPSA) is 227 Å². The van der Waals surface area contributed by atoms with Gasteiger partial charge in [-0.1, -0.05) is 24.3 Å². The Morgan fingerprint density at radius 3 is 1.77 bits per heavy atom. The zero-order chi connectivity index (χ0) is 58.1. The zero-order valence-corrected chi connectivity index (χ0v) is 48.9. The standard InChI is InChI=1S/C26H29FN6O2S.C26H27FN4O5S.C7H16N2/c1-31-11-4-5-16(31)8-10-29-25(35)21-22(34)17-13-18(27)24(32-12-9-15(28)14-32)30-23(17)33-19-6-2-3-7-20(19)36-26(21)33;1-5-35-24(33)19-20(32)15-12-16(27)22(30-11-10-14(13-30)28-25(34)36-26(2,3)4)29-21(15)31-17-8-6-7-9-18(17)37-23(19)31;1-9-6-2-3-7(9)4-5-8/h2-3,6-7,13,15-16H,4-5,8-12,14,28H2,1H3,(H,29,35);6-9,12,14H,5,10-11,13H2,1-4H3,(H,28,34);7H,2-6,8H2,1H3. The van der Waals surface area contributed by atoms with Crippen LogP contribution in [0, 0.1) is 11.6 Å². The molecule has 436 valence electrons. The van der Waals surface area contributed by atoms with E-state index in [1.54, 1.807) is 37.0 Å². The molecule has 0 radical (unpaired) electrons. The minimum atomic E-state index is -0.751. The van der Waals surface area contributed by atoms with Crippen LogP contribution in [0.2, 0.25) is 0 Å². The fourth-order valence-corrected chi connectivity index (χ4v) is 14.0. The third-order valence-corrected chi connectivity index (χ3v) is 18.0. The molecule has 4 unspecified atom stereocenters. The molecule has 4 fully saturated rings. The number of rotatable bonds is 11. The number of hydrogen-bond acceptors (Lipinski definition) is 17. The van der Waals surface area contributed by atoms with E-state index in [9.17, 15) is 24.0 Å². The van der Waals surface area contributed by atoms with Gasteiger partial charge in [0.15, 0.2) is 34.6 Å². The number of hydrogen-bond donors (Lipinski definition) is 4. The number of amides is 2. The number of nitrogens with one attached hydrogen (secondary N) is 2. The summed E-state index contributed by atoms with van der Waals surface area (Å²) in [7, 11) is 4.29. The van der Waals surface area contributed by atoms with Gasteiger partial charge in [0.1, 0.15) is 26.4 Å². The maximum Gasteiger partial charge on any atom is 0.407 e. The normalized spacial score (nSPS) is 19.6. The van der Waals surface area contributed by atoms with Gasteiger partial charge in [0, 0.05) is 50.8 Å². The number of fused-ring (bicyclic) bond motifs is 10. The molecule has 4 aliphatic rings. The lowest BCUT2D eigenvalue weighted by Gasteiger charge is -2.22. The number of halogens is 2. The number of alkyl carbamates (subject to hydrolysis) is 1. The van der Waals surface area contributed by atoms with E-state index in [1.807, 2.05) is 57.8 Å². The number of benzene rings is 2. The molecule has 4 saturated heterocycles. The second-order valence-corrected chi connectivity index (χ2v) is 24.7. The molecular formula is C59H72F2N12O7S2. The molecule has 82 heavy (non-hydrogen) atoms. The molecule has 6 aromatic heterocycles. The van der Waals surface area contributed by atoms with Crippen molar-refractivity contribution in [2.75, 3.05) is 82.9 Å². The first kappa shape index (κ1) is 58.3. The minimum absolute atomic E-state index is 0.00650. The highest BCUT2D eigenvalue weighted by Gasteiger charge is 2.32. The van der Waals surface area contributed by atoms with Gasteiger partial charge in [0.2, 0.25) is 10.9 Å². The summed E-state index contributed by atoms with van der Waals surface area (Å²) in [5, 5.41) is 5.87. The van der Waals surface area contributed by atoms with Gasteiger partial charge in [-0.3, -0.25) is 23.2 Å². The summed E-state index contributed by atoms with van der Waals surface area (Å²) in [5.74, 6) is -2.18. The minimum Gasteiger partial charge on any atom is -0.462 e. The van der Waals surface area contributed by atoms with Crippen LogP contribution in [-0.4, -0.2) is 149 Å². The van der Waals surface area contributed by atoms with Gasteiger partial charge in [-0.25, -0.2) is 28.3 Å². The molecule has 2 amide bonds. The number of carbonyl (C=O) groups is 3. The number of esters is 1. The Hall–Kier alpha value is -6.89. The summed E-state index contributed by atoms with van der Waals surface area (Å²) in [6.45, 7) is 12.7. The number of para-hydroxylation sites is 2. The van der Waals surface area contributed by atoms with Crippen molar-refractivity contribution in [3.05, 3.63) is 104 Å². The van der Waals surface area contributed by atoms with Crippen LogP contribution < -0.4 is 42.8 Å². The van der Waals surface area contributed by atoms with Gasteiger partial charge in [0.25, 0.3) is 5.91 Å². The number of anilines is 2. The molecule has 19 nitrogen and oxygen atoms in total. The number of aromatic nitrogens is 4. The van der Waals surface area contributed by atoms with E-state index in [1.165, 1.54) is 54.5 Å². The van der Waals surface area contributed by atoms with Crippen LogP contribution in [0.1, 0.15) is 99.8 Å². The molecule has 4 aliphatic heterocycles. The highest BCUT2D eigenvalue weighted by molar-refractivity contribution is 7.24. The average Bonchev–Trinajstić information content (AvgIpc) is 4.43. The molecular weight excluding hydrogens is 1090 g/mol. The first-order valence-corrected chi connectivity index (χ1v) is 29.9. The molecule has 23 heteroatoms. The van der Waals surface area contributed by atoms with E-state index < -0.39 is 46.1 Å². The number of likely N-dealkylation sites (tertiary alicyclic amines) is 2. The molecule has 4 atom stereocenters. The van der Waals surface area contributed by atoms with Crippen molar-refractivity contribution >= 4 is 104 Å². The monoisotopic (exact) mass is 1160 g/mol. The fourth-order valence-electron chi connectivity index (χ4n) is 11.7. The molecule has 0 aliphatic carbocycles. The number of nitrogens with zero attached hydrogens (tertiary/aromatic N) is 8. The predicted octanol–water partition coefficient (Wildman–Crippen LogP) is 7.86. The largest absolute Gasteiger partial charge is 0.462 e. The smallest absolute Gasteiger partial charge is 0.407 e. The molecule has 0 spiro atoms. The highest BCUT2D eigenvalue weighted by atomic mass is 32.1. The SMILES string of the molecule is CCOC(=O)c1c(=O)c2cc(F)c(N3CCC(NC(=O)OC(C)(C)C)C3)nc2n2c1sc1ccccc12.CN1CCCC1CCN.CN1CCCC1CCNC(=O)c1c(=O)c2cc(F)c(N3CCC(N)C3)nc2n2c1sc1ccccc12. The molecule has 12 rings (SSSR count). The van der Waals surface area contributed by atoms with E-state index in [-0.39, 0.29) is 57.9 Å². The summed E-state index contributed by atoms with van der Waals surface area (Å²) in [4.78, 5) is 83.9. The van der Waals surface area contributed by atoms with Crippen molar-refractivity contribution in [3.63, 3.8) is 0 Å². The van der Waals surface area contributed by atoms with Crippen LogP contribution in [0.5, 0.6) is 0 Å². The lowest BCUT2D eigenvalue weighted by atomic mass is 10.1. The summed E-state index contributed by atoms with van der Waals surface area (Å²) in [5.41, 5.74) is 11.8. The van der Waals surface area contributed by atoms with Crippen molar-refractivity contribution < 1.29 is 32.6 Å². The molecule has 0 saturated carbocycles. The quantitative estimate of drug-likeness (QED) is 0.0904. The highest BCUT2D eigenvalue weighted by Crippen LogP contribution is 2.35. The number of ether oxygens (including phenoxy) is 2. The van der Waals surface area contributed by atoms with Crippen LogP contribution in [0.15, 0.2) is 70.3 Å². The fraction of sp³-hybridized carbons (Fsp3) is 0.475. The molecule has 8 aromatic rings. The van der Waals surface area contributed by atoms with E-state index in [4.69, 9.17) is 20.9 Å². The maximum absolute atomic E-state index is 15.4. The van der Waals surface area contributed by atoms with Crippen molar-refractivity contribution in [3.8, 4) is 0 Å². The Labute approximate surface area is 481 Å². The van der Waals surface area contributed by atoms with Gasteiger partial charge >= 0.3 is 12.1 Å². The van der Waals surface area contributed by atoms with Gasteiger partial charge in [-0.15, -0.1) is 22.7 Å². The van der Waals surface area contributed by atoms with Crippen molar-refractivity contribution in [2.45, 2.75) is 109 Å². The number of nitrogens with two attached hydrogens (primary N) is 2. The lowest BCUT2D eigenvalue weighted by molar-refractivity contribution is 0.0504. The third kappa shape index (κ3) is 12.0. The van der Waals surface area contributed by atoms with Gasteiger partial charge in [-0.2, -0.15) is 0 Å². The van der Waals surface area contributed by atoms with E-state index in [0.29, 0.717) is 60.5 Å². The van der Waals surface area contributed by atoms with Gasteiger partial charge < -0.3 is 51.2 Å². The van der Waals surface area contributed by atoms with Crippen molar-refractivity contribution in [1.82, 2.24) is 39.2 Å². The first-order chi connectivity index (χ1) is 39.3. The van der Waals surface area contributed by atoms with E-state index >= 15 is 8.78 Å². The summed E-state index contributed by atoms with van der Waals surface area (Å²) < 4.78 is 46.5. The maximum atomic E-state index is 15.4. The van der Waals surface area contributed by atoms with Crippen molar-refractivity contribution in [2.24, 2.45) is 11.5 Å². The third-order valence-electron chi connectivity index (χ3n) is 15.7. The Kier molecular flexibility index (Phi) is 17.4. The number of thiazole rings is 2. The van der Waals surface area contributed by atoms with Crippen molar-refractivity contribution in [1.29, 1.82) is 0 Å². The van der Waals surface area contributed by atoms with Gasteiger partial charge in [-0.05, 0) is 149 Å². The molecule has 6 N–H and O–H groups in total. The second kappa shape index (κ2) is 24.5. The predicted molar refractivity (Wildman–Crippen MR) is 321 cm³/mol. The van der Waals surface area contributed by atoms with Crippen LogP contribution in [0.4, 0.5) is 25.2 Å². The number of carbonyl (C=O) groups excluding carboxylic acids is 3. The molecule has 2 aromatic carbocycles. The Bertz CT molecular complexity index is 3840. The molecule has 0 bridgehead atoms. The van der Waals surface area contributed by atoms with Crippen LogP contribution in [0.3, 0.4) is 0 Å². The summed E-state index contributed by atoms with van der Waals surface area (Å²) in [6, 6.07) is 18.5. The van der Waals surface area contributed by atoms with Gasteiger partial charge in [0.05, 0.1) is 43.9 Å². The molecule has 10 heterocycles. The average molecular weight is 1160 g/mol. The van der Waals surface area contributed by atoms with E-state index in [0.717, 1.165) is 71.3 Å². The lowest BCUT2D eigenvalue weighted by Crippen LogP contribution is -2.40.